The van der Waals surface area contributed by atoms with Crippen LogP contribution in [0.2, 0.25) is 0 Å². The van der Waals surface area contributed by atoms with Crippen molar-refractivity contribution in [2.45, 2.75) is 43.4 Å². The van der Waals surface area contributed by atoms with Crippen LogP contribution in [0.4, 0.5) is 9.80 Å². The number of anilines is 1. The van der Waals surface area contributed by atoms with Crippen molar-refractivity contribution in [1.82, 2.24) is 19.5 Å². The van der Waals surface area contributed by atoms with Gasteiger partial charge in [-0.1, -0.05) is 6.42 Å². The Morgan fingerprint density at radius 3 is 3.08 bits per heavy atom. The summed E-state index contributed by atoms with van der Waals surface area (Å²) in [5, 5.41) is 12.4. The smallest absolute Gasteiger partial charge is 0.322 e. The number of nitrogens with one attached hydrogen (secondary N) is 1. The number of fused-ring (bicyclic) bond motifs is 1. The van der Waals surface area contributed by atoms with Gasteiger partial charge in [-0.3, -0.25) is 5.32 Å². The fraction of sp³-hybridized carbons (Fsp3) is 0.625. The lowest BCUT2D eigenvalue weighted by Crippen LogP contribution is -2.37. The highest BCUT2D eigenvalue weighted by atomic mass is 32.1. The standard InChI is InChI=1S/C16H19N5O2S/c22-15(18-12-5-7-17-24-12)21-8-11-2-1-6-16(11,9-21)14-20-19-13(23-14)10-3-4-10/h5,7,10-11H,1-4,6,8-9H2,(H,18,22)/t11-,16-/m0/s1. The number of carbonyl (C=O) groups is 1. The Balaban J connectivity index is 1.37. The molecule has 2 aromatic rings. The molecule has 0 radical (unpaired) electrons. The van der Waals surface area contributed by atoms with Crippen LogP contribution in [0.3, 0.4) is 0 Å². The molecule has 5 rings (SSSR count). The van der Waals surface area contributed by atoms with Gasteiger partial charge < -0.3 is 9.32 Å². The van der Waals surface area contributed by atoms with Crippen LogP contribution in [0.25, 0.3) is 0 Å². The molecule has 126 valence electrons. The van der Waals surface area contributed by atoms with Crippen LogP contribution >= 0.6 is 11.5 Å². The van der Waals surface area contributed by atoms with Crippen LogP contribution < -0.4 is 5.32 Å². The minimum Gasteiger partial charge on any atom is -0.424 e. The van der Waals surface area contributed by atoms with E-state index in [1.807, 2.05) is 11.0 Å². The van der Waals surface area contributed by atoms with Crippen LogP contribution in [-0.2, 0) is 5.41 Å². The molecule has 2 atom stereocenters. The van der Waals surface area contributed by atoms with Crippen molar-refractivity contribution in [3.8, 4) is 0 Å². The highest BCUT2D eigenvalue weighted by Crippen LogP contribution is 2.51. The number of carbonyl (C=O) groups excluding carboxylic acids is 1. The third kappa shape index (κ3) is 2.23. The summed E-state index contributed by atoms with van der Waals surface area (Å²) in [5.41, 5.74) is -0.148. The van der Waals surface area contributed by atoms with Gasteiger partial charge in [0.05, 0.1) is 5.41 Å². The SMILES string of the molecule is O=C(Nc1ccns1)N1C[C@@H]2CCC[C@]2(c2nnc(C3CC3)o2)C1. The van der Waals surface area contributed by atoms with Crippen molar-refractivity contribution in [2.75, 3.05) is 18.4 Å². The molecule has 3 aliphatic rings. The number of likely N-dealkylation sites (tertiary alicyclic amines) is 1. The molecule has 1 N–H and O–H groups in total. The summed E-state index contributed by atoms with van der Waals surface area (Å²) >= 11 is 1.29. The number of hydrogen-bond donors (Lipinski definition) is 1. The summed E-state index contributed by atoms with van der Waals surface area (Å²) in [6, 6.07) is 1.75. The van der Waals surface area contributed by atoms with Gasteiger partial charge in [-0.15, -0.1) is 10.2 Å². The molecule has 2 aliphatic carbocycles. The first-order valence-corrected chi connectivity index (χ1v) is 9.32. The second-order valence-corrected chi connectivity index (χ2v) is 7.99. The minimum absolute atomic E-state index is 0.0602. The van der Waals surface area contributed by atoms with Gasteiger partial charge in [0.1, 0.15) is 5.00 Å². The summed E-state index contributed by atoms with van der Waals surface area (Å²) in [5.74, 6) is 2.42. The van der Waals surface area contributed by atoms with Crippen molar-refractivity contribution >= 4 is 22.6 Å². The van der Waals surface area contributed by atoms with Gasteiger partial charge in [-0.2, -0.15) is 4.37 Å². The first-order valence-electron chi connectivity index (χ1n) is 8.55. The molecule has 24 heavy (non-hydrogen) atoms. The van der Waals surface area contributed by atoms with Gasteiger partial charge in [0.2, 0.25) is 11.8 Å². The van der Waals surface area contributed by atoms with Crippen molar-refractivity contribution in [3.05, 3.63) is 24.0 Å². The summed E-state index contributed by atoms with van der Waals surface area (Å²) in [6.07, 6.45) is 7.30. The molecule has 0 unspecified atom stereocenters. The average Bonchev–Trinajstić information content (AvgIpc) is 3.01. The van der Waals surface area contributed by atoms with Crippen molar-refractivity contribution in [2.24, 2.45) is 5.92 Å². The summed E-state index contributed by atoms with van der Waals surface area (Å²) in [4.78, 5) is 14.5. The second kappa shape index (κ2) is 5.27. The zero-order valence-corrected chi connectivity index (χ0v) is 14.1. The van der Waals surface area contributed by atoms with E-state index in [1.54, 1.807) is 6.20 Å². The molecule has 0 aromatic carbocycles. The quantitative estimate of drug-likeness (QED) is 0.924. The Kier molecular flexibility index (Phi) is 3.16. The molecule has 7 nitrogen and oxygen atoms in total. The van der Waals surface area contributed by atoms with E-state index in [1.165, 1.54) is 11.5 Å². The third-order valence-electron chi connectivity index (χ3n) is 5.62. The van der Waals surface area contributed by atoms with Gasteiger partial charge in [0.25, 0.3) is 0 Å². The molecule has 3 heterocycles. The molecule has 1 saturated heterocycles. The van der Waals surface area contributed by atoms with E-state index in [9.17, 15) is 4.79 Å². The first kappa shape index (κ1) is 14.4. The van der Waals surface area contributed by atoms with E-state index < -0.39 is 0 Å². The lowest BCUT2D eigenvalue weighted by Gasteiger charge is -2.24. The number of aromatic nitrogens is 3. The highest BCUT2D eigenvalue weighted by Gasteiger charge is 2.55. The topological polar surface area (TPSA) is 84.2 Å². The molecule has 3 fully saturated rings. The number of amides is 2. The van der Waals surface area contributed by atoms with Crippen LogP contribution in [0.5, 0.6) is 0 Å². The normalized spacial score (nSPS) is 29.0. The molecule has 2 saturated carbocycles. The van der Waals surface area contributed by atoms with Gasteiger partial charge in [0, 0.05) is 25.2 Å². The Hall–Kier alpha value is -1.96. The molecular weight excluding hydrogens is 326 g/mol. The average molecular weight is 345 g/mol. The van der Waals surface area contributed by atoms with Crippen LogP contribution in [0, 0.1) is 5.92 Å². The fourth-order valence-corrected chi connectivity index (χ4v) is 4.68. The predicted octanol–water partition coefficient (Wildman–Crippen LogP) is 2.99. The van der Waals surface area contributed by atoms with E-state index in [-0.39, 0.29) is 11.4 Å². The van der Waals surface area contributed by atoms with E-state index in [0.717, 1.165) is 55.4 Å². The Morgan fingerprint density at radius 1 is 1.38 bits per heavy atom. The van der Waals surface area contributed by atoms with Crippen LogP contribution in [-0.4, -0.2) is 38.6 Å². The molecule has 0 bridgehead atoms. The Labute approximate surface area is 143 Å². The summed E-state index contributed by atoms with van der Waals surface area (Å²) in [6.45, 7) is 1.42. The Bertz CT molecular complexity index is 756. The van der Waals surface area contributed by atoms with Crippen LogP contribution in [0.1, 0.15) is 49.8 Å². The highest BCUT2D eigenvalue weighted by molar-refractivity contribution is 7.10. The molecule has 2 amide bonds. The summed E-state index contributed by atoms with van der Waals surface area (Å²) in [7, 11) is 0. The van der Waals surface area contributed by atoms with Gasteiger partial charge >= 0.3 is 6.03 Å². The van der Waals surface area contributed by atoms with Gasteiger partial charge in [0.15, 0.2) is 0 Å². The molecule has 2 aromatic heterocycles. The third-order valence-corrected chi connectivity index (χ3v) is 6.28. The second-order valence-electron chi connectivity index (χ2n) is 7.15. The van der Waals surface area contributed by atoms with E-state index in [2.05, 4.69) is 19.9 Å². The zero-order valence-electron chi connectivity index (χ0n) is 13.3. The minimum atomic E-state index is -0.148. The lowest BCUT2D eigenvalue weighted by atomic mass is 9.80. The summed E-state index contributed by atoms with van der Waals surface area (Å²) < 4.78 is 10.1. The maximum atomic E-state index is 12.6. The molecule has 8 heteroatoms. The number of urea groups is 1. The lowest BCUT2D eigenvalue weighted by molar-refractivity contribution is 0.215. The molecule has 1 aliphatic heterocycles. The van der Waals surface area contributed by atoms with E-state index >= 15 is 0 Å². The zero-order chi connectivity index (χ0) is 16.1. The predicted molar refractivity (Wildman–Crippen MR) is 88.0 cm³/mol. The molecular formula is C16H19N5O2S. The maximum absolute atomic E-state index is 12.6. The van der Waals surface area contributed by atoms with Crippen molar-refractivity contribution in [3.63, 3.8) is 0 Å². The number of hydrogen-bond acceptors (Lipinski definition) is 6. The van der Waals surface area contributed by atoms with Crippen molar-refractivity contribution < 1.29 is 9.21 Å². The van der Waals surface area contributed by atoms with Crippen LogP contribution in [0.15, 0.2) is 16.7 Å². The number of nitrogens with zero attached hydrogens (tertiary/aromatic N) is 4. The first-order chi connectivity index (χ1) is 11.7. The Morgan fingerprint density at radius 2 is 2.29 bits per heavy atom. The van der Waals surface area contributed by atoms with E-state index in [0.29, 0.717) is 18.4 Å². The largest absolute Gasteiger partial charge is 0.424 e. The number of rotatable bonds is 3. The van der Waals surface area contributed by atoms with Gasteiger partial charge in [-0.25, -0.2) is 4.79 Å². The van der Waals surface area contributed by atoms with E-state index in [4.69, 9.17) is 4.42 Å². The monoisotopic (exact) mass is 345 g/mol. The van der Waals surface area contributed by atoms with Crippen molar-refractivity contribution in [1.29, 1.82) is 0 Å². The van der Waals surface area contributed by atoms with Gasteiger partial charge in [-0.05, 0) is 49.2 Å². The maximum Gasteiger partial charge on any atom is 0.322 e. The molecule has 0 spiro atoms. The fourth-order valence-electron chi connectivity index (χ4n) is 4.19.